The fourth-order valence-corrected chi connectivity index (χ4v) is 4.62. The van der Waals surface area contributed by atoms with E-state index in [-0.39, 0.29) is 16.5 Å². The number of benzene rings is 1. The maximum atomic E-state index is 13.5. The van der Waals surface area contributed by atoms with Crippen LogP contribution in [-0.4, -0.2) is 40.2 Å². The van der Waals surface area contributed by atoms with Gasteiger partial charge in [0.1, 0.15) is 10.8 Å². The molecule has 3 heterocycles. The molecule has 0 saturated heterocycles. The van der Waals surface area contributed by atoms with E-state index in [1.165, 1.54) is 22.3 Å². The first kappa shape index (κ1) is 25.4. The fourth-order valence-electron chi connectivity index (χ4n) is 3.91. The van der Waals surface area contributed by atoms with Crippen molar-refractivity contribution >= 4 is 28.2 Å². The van der Waals surface area contributed by atoms with Crippen LogP contribution < -0.4 is 14.4 Å². The summed E-state index contributed by atoms with van der Waals surface area (Å²) in [6, 6.07) is 7.44. The third-order valence-electron chi connectivity index (χ3n) is 5.67. The van der Waals surface area contributed by atoms with E-state index in [2.05, 4.69) is 24.0 Å². The molecule has 0 spiro atoms. The maximum absolute atomic E-state index is 13.5. The van der Waals surface area contributed by atoms with Crippen LogP contribution in [0.5, 0.6) is 11.5 Å². The number of Topliss-reactive ketones (excluding diaryl/α,β-unsaturated/α-hetero) is 1. The number of aromatic nitrogens is 2. The Morgan fingerprint density at radius 3 is 2.56 bits per heavy atom. The zero-order valence-corrected chi connectivity index (χ0v) is 21.7. The van der Waals surface area contributed by atoms with Crippen LogP contribution in [0.3, 0.4) is 0 Å². The standard InChI is InChI=1S/C26H29N3O6S/c1-6-33-20-13-17(8-10-18(20)34-12-11-14(2)3)22-21(23(30)19-9-7-15(4)35-19)24(31)25(32)29(22)26-28-27-16(5)36-26/h7-10,13-14,22,31H,6,11-12H2,1-5H3. The molecule has 1 aliphatic heterocycles. The summed E-state index contributed by atoms with van der Waals surface area (Å²) in [5, 5.41) is 19.9. The zero-order valence-electron chi connectivity index (χ0n) is 20.9. The number of hydrogen-bond donors (Lipinski definition) is 1. The van der Waals surface area contributed by atoms with Gasteiger partial charge in [-0.2, -0.15) is 0 Å². The van der Waals surface area contributed by atoms with Gasteiger partial charge in [0, 0.05) is 0 Å². The summed E-state index contributed by atoms with van der Waals surface area (Å²) >= 11 is 1.19. The van der Waals surface area contributed by atoms with Gasteiger partial charge in [0.05, 0.1) is 24.8 Å². The topological polar surface area (TPSA) is 115 Å². The SMILES string of the molecule is CCOc1cc(C2C(C(=O)c3ccc(C)o3)=C(O)C(=O)N2c2nnc(C)s2)ccc1OCCC(C)C. The second kappa shape index (κ2) is 10.5. The van der Waals surface area contributed by atoms with Crippen LogP contribution in [-0.2, 0) is 4.79 Å². The van der Waals surface area contributed by atoms with Crippen LogP contribution in [0.15, 0.2) is 46.1 Å². The molecule has 2 aromatic heterocycles. The van der Waals surface area contributed by atoms with Gasteiger partial charge in [-0.1, -0.05) is 31.3 Å². The Morgan fingerprint density at radius 2 is 1.94 bits per heavy atom. The second-order valence-electron chi connectivity index (χ2n) is 8.85. The Hall–Kier alpha value is -3.66. The van der Waals surface area contributed by atoms with Gasteiger partial charge in [-0.25, -0.2) is 0 Å². The van der Waals surface area contributed by atoms with Crippen molar-refractivity contribution < 1.29 is 28.6 Å². The minimum atomic E-state index is -0.966. The van der Waals surface area contributed by atoms with E-state index in [1.807, 2.05) is 6.92 Å². The molecule has 0 saturated carbocycles. The van der Waals surface area contributed by atoms with Crippen LogP contribution in [0.2, 0.25) is 0 Å². The van der Waals surface area contributed by atoms with E-state index in [9.17, 15) is 14.7 Å². The second-order valence-corrected chi connectivity index (χ2v) is 10.0. The highest BCUT2D eigenvalue weighted by Gasteiger charge is 2.47. The number of rotatable bonds is 10. The molecular weight excluding hydrogens is 482 g/mol. The van der Waals surface area contributed by atoms with Crippen LogP contribution >= 0.6 is 11.3 Å². The normalized spacial score (nSPS) is 15.8. The number of nitrogens with zero attached hydrogens (tertiary/aromatic N) is 3. The Kier molecular flexibility index (Phi) is 7.44. The number of aliphatic hydroxyl groups excluding tert-OH is 1. The van der Waals surface area contributed by atoms with Crippen molar-refractivity contribution in [1.29, 1.82) is 0 Å². The number of ether oxygens (including phenoxy) is 2. The predicted octanol–water partition coefficient (Wildman–Crippen LogP) is 5.35. The van der Waals surface area contributed by atoms with Gasteiger partial charge in [0.25, 0.3) is 5.91 Å². The minimum Gasteiger partial charge on any atom is -0.503 e. The molecule has 0 fully saturated rings. The summed E-state index contributed by atoms with van der Waals surface area (Å²) in [4.78, 5) is 28.0. The minimum absolute atomic E-state index is 0.0285. The van der Waals surface area contributed by atoms with Gasteiger partial charge in [-0.15, -0.1) is 10.2 Å². The molecule has 0 radical (unpaired) electrons. The number of aliphatic hydroxyl groups is 1. The zero-order chi connectivity index (χ0) is 26.0. The fraction of sp³-hybridized carbons (Fsp3) is 0.385. The smallest absolute Gasteiger partial charge is 0.296 e. The van der Waals surface area contributed by atoms with E-state index in [0.717, 1.165) is 6.42 Å². The molecule has 1 amide bonds. The molecule has 1 unspecified atom stereocenters. The number of ketones is 1. The maximum Gasteiger partial charge on any atom is 0.296 e. The first-order chi connectivity index (χ1) is 17.2. The molecule has 1 aliphatic rings. The molecule has 190 valence electrons. The van der Waals surface area contributed by atoms with E-state index in [0.29, 0.717) is 47.0 Å². The van der Waals surface area contributed by atoms with E-state index in [1.54, 1.807) is 38.1 Å². The van der Waals surface area contributed by atoms with E-state index in [4.69, 9.17) is 13.9 Å². The van der Waals surface area contributed by atoms with Gasteiger partial charge in [0.2, 0.25) is 10.9 Å². The molecule has 10 heteroatoms. The Bertz CT molecular complexity index is 1310. The molecule has 1 aromatic carbocycles. The summed E-state index contributed by atoms with van der Waals surface area (Å²) in [6.45, 7) is 10.5. The lowest BCUT2D eigenvalue weighted by atomic mass is 9.95. The largest absolute Gasteiger partial charge is 0.503 e. The molecule has 0 bridgehead atoms. The first-order valence-electron chi connectivity index (χ1n) is 11.8. The molecule has 3 aromatic rings. The highest BCUT2D eigenvalue weighted by atomic mass is 32.1. The summed E-state index contributed by atoms with van der Waals surface area (Å²) in [6.07, 6.45) is 0.881. The van der Waals surface area contributed by atoms with Crippen molar-refractivity contribution in [2.24, 2.45) is 5.92 Å². The van der Waals surface area contributed by atoms with Crippen molar-refractivity contribution in [2.75, 3.05) is 18.1 Å². The number of amides is 1. The van der Waals surface area contributed by atoms with Gasteiger partial charge in [0.15, 0.2) is 23.0 Å². The van der Waals surface area contributed by atoms with Crippen LogP contribution in [0, 0.1) is 19.8 Å². The molecule has 1 atom stereocenters. The number of furan rings is 1. The summed E-state index contributed by atoms with van der Waals surface area (Å²) in [5.41, 5.74) is 0.449. The van der Waals surface area contributed by atoms with E-state index < -0.39 is 23.5 Å². The van der Waals surface area contributed by atoms with Crippen LogP contribution in [0.25, 0.3) is 0 Å². The lowest BCUT2D eigenvalue weighted by molar-refractivity contribution is -0.117. The Balaban J connectivity index is 1.80. The number of aryl methyl sites for hydroxylation is 2. The van der Waals surface area contributed by atoms with Gasteiger partial charge < -0.3 is 19.0 Å². The highest BCUT2D eigenvalue weighted by Crippen LogP contribution is 2.44. The number of carbonyl (C=O) groups excluding carboxylic acids is 2. The molecule has 36 heavy (non-hydrogen) atoms. The lowest BCUT2D eigenvalue weighted by Gasteiger charge is -2.25. The third-order valence-corrected chi connectivity index (χ3v) is 6.51. The van der Waals surface area contributed by atoms with Gasteiger partial charge in [-0.3, -0.25) is 14.5 Å². The molecule has 0 aliphatic carbocycles. The summed E-state index contributed by atoms with van der Waals surface area (Å²) in [5.74, 6) is 0.120. The van der Waals surface area contributed by atoms with Crippen LogP contribution in [0.4, 0.5) is 5.13 Å². The molecule has 4 rings (SSSR count). The van der Waals surface area contributed by atoms with Gasteiger partial charge >= 0.3 is 0 Å². The Labute approximate surface area is 213 Å². The molecule has 1 N–H and O–H groups in total. The van der Waals surface area contributed by atoms with Crippen LogP contribution in [0.1, 0.15) is 60.1 Å². The van der Waals surface area contributed by atoms with Crippen molar-refractivity contribution in [2.45, 2.75) is 47.1 Å². The van der Waals surface area contributed by atoms with Crippen molar-refractivity contribution in [3.05, 3.63) is 63.8 Å². The lowest BCUT2D eigenvalue weighted by Crippen LogP contribution is -2.31. The highest BCUT2D eigenvalue weighted by molar-refractivity contribution is 7.15. The van der Waals surface area contributed by atoms with Crippen molar-refractivity contribution in [1.82, 2.24) is 10.2 Å². The average Bonchev–Trinajstić information content (AvgIpc) is 3.52. The summed E-state index contributed by atoms with van der Waals surface area (Å²) < 4.78 is 17.3. The monoisotopic (exact) mass is 511 g/mol. The number of hydrogen-bond acceptors (Lipinski definition) is 9. The molecular formula is C26H29N3O6S. The van der Waals surface area contributed by atoms with Crippen molar-refractivity contribution in [3.63, 3.8) is 0 Å². The van der Waals surface area contributed by atoms with Crippen molar-refractivity contribution in [3.8, 4) is 11.5 Å². The number of anilines is 1. The Morgan fingerprint density at radius 1 is 1.17 bits per heavy atom. The predicted molar refractivity (Wildman–Crippen MR) is 135 cm³/mol. The van der Waals surface area contributed by atoms with Gasteiger partial charge in [-0.05, 0) is 62.9 Å². The number of carbonyl (C=O) groups is 2. The average molecular weight is 512 g/mol. The quantitative estimate of drug-likeness (QED) is 0.362. The third kappa shape index (κ3) is 4.99. The summed E-state index contributed by atoms with van der Waals surface area (Å²) in [7, 11) is 0. The van der Waals surface area contributed by atoms with E-state index >= 15 is 0 Å². The molecule has 9 nitrogen and oxygen atoms in total. The first-order valence-corrected chi connectivity index (χ1v) is 12.6.